The number of fused-ring (bicyclic) bond motifs is 1. The fraction of sp³-hybridized carbons (Fsp3) is 0.474. The van der Waals surface area contributed by atoms with Crippen LogP contribution in [0, 0.1) is 5.41 Å². The second-order valence-electron chi connectivity index (χ2n) is 7.25. The van der Waals surface area contributed by atoms with E-state index in [1.807, 2.05) is 25.4 Å². The first-order chi connectivity index (χ1) is 13.0. The number of aromatic nitrogens is 2. The van der Waals surface area contributed by atoms with Gasteiger partial charge in [-0.2, -0.15) is 4.31 Å². The molecule has 3 heterocycles. The molecule has 8 heteroatoms. The van der Waals surface area contributed by atoms with Crippen molar-refractivity contribution in [3.05, 3.63) is 43.0 Å². The van der Waals surface area contributed by atoms with Gasteiger partial charge in [-0.15, -0.1) is 0 Å². The molecule has 0 atom stereocenters. The van der Waals surface area contributed by atoms with Crippen molar-refractivity contribution in [2.24, 2.45) is 5.41 Å². The van der Waals surface area contributed by atoms with Crippen molar-refractivity contribution in [1.29, 1.82) is 0 Å². The van der Waals surface area contributed by atoms with Gasteiger partial charge in [-0.1, -0.05) is 19.1 Å². The van der Waals surface area contributed by atoms with E-state index in [4.69, 9.17) is 4.74 Å². The van der Waals surface area contributed by atoms with Crippen LogP contribution < -0.4 is 9.64 Å². The number of hydrogen-bond acceptors (Lipinski definition) is 6. The van der Waals surface area contributed by atoms with Crippen LogP contribution in [0.15, 0.2) is 47.9 Å². The Morgan fingerprint density at radius 2 is 1.85 bits per heavy atom. The minimum Gasteiger partial charge on any atom is -0.492 e. The molecule has 2 aliphatic rings. The zero-order valence-corrected chi connectivity index (χ0v) is 16.2. The lowest BCUT2D eigenvalue weighted by Gasteiger charge is -2.45. The van der Waals surface area contributed by atoms with Gasteiger partial charge in [0.15, 0.2) is 0 Å². The van der Waals surface area contributed by atoms with E-state index in [0.29, 0.717) is 25.4 Å². The molecule has 1 spiro atoms. The van der Waals surface area contributed by atoms with Gasteiger partial charge in [-0.3, -0.25) is 0 Å². The fourth-order valence-corrected chi connectivity index (χ4v) is 5.63. The SMILES string of the molecule is CCN1CC2(CCN(c3cncnc3)CC2)COc2ccccc2S1(=O)=O. The van der Waals surface area contributed by atoms with Gasteiger partial charge in [0.2, 0.25) is 10.0 Å². The van der Waals surface area contributed by atoms with Crippen LogP contribution in [0.1, 0.15) is 19.8 Å². The summed E-state index contributed by atoms with van der Waals surface area (Å²) in [5.74, 6) is 0.453. The molecule has 0 saturated carbocycles. The third-order valence-corrected chi connectivity index (χ3v) is 7.56. The predicted molar refractivity (Wildman–Crippen MR) is 102 cm³/mol. The summed E-state index contributed by atoms with van der Waals surface area (Å²) >= 11 is 0. The predicted octanol–water partition coefficient (Wildman–Crippen LogP) is 2.17. The number of ether oxygens (including phenoxy) is 1. The second kappa shape index (κ2) is 7.09. The first-order valence-electron chi connectivity index (χ1n) is 9.26. The Balaban J connectivity index is 1.60. The summed E-state index contributed by atoms with van der Waals surface area (Å²) in [7, 11) is -3.56. The summed E-state index contributed by atoms with van der Waals surface area (Å²) in [6, 6.07) is 6.93. The maximum atomic E-state index is 13.1. The van der Waals surface area contributed by atoms with Gasteiger partial charge >= 0.3 is 0 Å². The Bertz CT molecular complexity index is 896. The summed E-state index contributed by atoms with van der Waals surface area (Å²) in [6.07, 6.45) is 6.88. The molecule has 144 valence electrons. The highest BCUT2D eigenvalue weighted by Gasteiger charge is 2.42. The van der Waals surface area contributed by atoms with Crippen LogP contribution in [-0.4, -0.2) is 55.5 Å². The Kier molecular flexibility index (Phi) is 4.77. The maximum Gasteiger partial charge on any atom is 0.246 e. The van der Waals surface area contributed by atoms with E-state index < -0.39 is 10.0 Å². The van der Waals surface area contributed by atoms with Crippen molar-refractivity contribution in [2.45, 2.75) is 24.7 Å². The summed E-state index contributed by atoms with van der Waals surface area (Å²) in [5.41, 5.74) is 0.812. The lowest BCUT2D eigenvalue weighted by atomic mass is 9.78. The van der Waals surface area contributed by atoms with Crippen LogP contribution in [0.2, 0.25) is 0 Å². The van der Waals surface area contributed by atoms with E-state index in [1.165, 1.54) is 6.33 Å². The van der Waals surface area contributed by atoms with Gasteiger partial charge in [-0.05, 0) is 25.0 Å². The molecule has 0 amide bonds. The van der Waals surface area contributed by atoms with E-state index in [0.717, 1.165) is 31.6 Å². The van der Waals surface area contributed by atoms with Crippen molar-refractivity contribution < 1.29 is 13.2 Å². The molecule has 2 aromatic rings. The molecule has 4 rings (SSSR count). The van der Waals surface area contributed by atoms with E-state index in [1.54, 1.807) is 22.5 Å². The zero-order chi connectivity index (χ0) is 18.9. The van der Waals surface area contributed by atoms with Gasteiger partial charge in [0, 0.05) is 31.6 Å². The maximum absolute atomic E-state index is 13.1. The summed E-state index contributed by atoms with van der Waals surface area (Å²) in [4.78, 5) is 10.7. The number of hydrogen-bond donors (Lipinski definition) is 0. The normalized spacial score (nSPS) is 21.7. The number of para-hydroxylation sites is 1. The third-order valence-electron chi connectivity index (χ3n) is 5.60. The van der Waals surface area contributed by atoms with Gasteiger partial charge < -0.3 is 9.64 Å². The molecule has 27 heavy (non-hydrogen) atoms. The lowest BCUT2D eigenvalue weighted by molar-refractivity contribution is 0.0832. The quantitative estimate of drug-likeness (QED) is 0.785. The summed E-state index contributed by atoms with van der Waals surface area (Å²) in [6.45, 7) is 5.02. The number of anilines is 1. The molecule has 0 unspecified atom stereocenters. The van der Waals surface area contributed by atoms with Gasteiger partial charge in [0.25, 0.3) is 0 Å². The molecule has 7 nitrogen and oxygen atoms in total. The van der Waals surface area contributed by atoms with E-state index in [2.05, 4.69) is 14.9 Å². The van der Waals surface area contributed by atoms with Crippen LogP contribution in [0.3, 0.4) is 0 Å². The van der Waals surface area contributed by atoms with Crippen LogP contribution in [-0.2, 0) is 10.0 Å². The summed E-state index contributed by atoms with van der Waals surface area (Å²) < 4.78 is 33.9. The van der Waals surface area contributed by atoms with E-state index in [-0.39, 0.29) is 10.3 Å². The number of rotatable bonds is 2. The Hall–Kier alpha value is -2.19. The van der Waals surface area contributed by atoms with Crippen molar-refractivity contribution in [2.75, 3.05) is 37.7 Å². The number of nitrogens with zero attached hydrogens (tertiary/aromatic N) is 4. The molecule has 1 aromatic heterocycles. The molecule has 0 aliphatic carbocycles. The zero-order valence-electron chi connectivity index (χ0n) is 15.4. The lowest BCUT2D eigenvalue weighted by Crippen LogP contribution is -2.51. The van der Waals surface area contributed by atoms with Gasteiger partial charge in [0.05, 0.1) is 24.7 Å². The van der Waals surface area contributed by atoms with Crippen molar-refractivity contribution in [3.8, 4) is 5.75 Å². The highest BCUT2D eigenvalue weighted by Crippen LogP contribution is 2.39. The average molecular weight is 388 g/mol. The molecule has 0 radical (unpaired) electrons. The van der Waals surface area contributed by atoms with Crippen molar-refractivity contribution in [3.63, 3.8) is 0 Å². The van der Waals surface area contributed by atoms with E-state index >= 15 is 0 Å². The highest BCUT2D eigenvalue weighted by atomic mass is 32.2. The first kappa shape index (κ1) is 18.2. The molecule has 1 saturated heterocycles. The molecule has 1 fully saturated rings. The minimum absolute atomic E-state index is 0.192. The van der Waals surface area contributed by atoms with Gasteiger partial charge in [0.1, 0.15) is 17.0 Å². The Morgan fingerprint density at radius 1 is 1.15 bits per heavy atom. The Labute approximate surface area is 160 Å². The standard InChI is InChI=1S/C19H24N4O3S/c1-2-23-13-19(7-9-22(10-8-19)16-11-20-15-21-12-16)14-26-17-5-3-4-6-18(17)27(23,24)25/h3-6,11-12,15H,2,7-10,13-14H2,1H3. The molecular weight excluding hydrogens is 364 g/mol. The fourth-order valence-electron chi connectivity index (χ4n) is 3.94. The van der Waals surface area contributed by atoms with Crippen LogP contribution in [0.5, 0.6) is 5.75 Å². The molecule has 0 N–H and O–H groups in total. The second-order valence-corrected chi connectivity index (χ2v) is 9.16. The van der Waals surface area contributed by atoms with E-state index in [9.17, 15) is 8.42 Å². The van der Waals surface area contributed by atoms with Crippen molar-refractivity contribution >= 4 is 15.7 Å². The van der Waals surface area contributed by atoms with Crippen LogP contribution in [0.4, 0.5) is 5.69 Å². The van der Waals surface area contributed by atoms with Crippen LogP contribution >= 0.6 is 0 Å². The van der Waals surface area contributed by atoms with Gasteiger partial charge in [-0.25, -0.2) is 18.4 Å². The topological polar surface area (TPSA) is 75.6 Å². The molecular formula is C19H24N4O3S. The number of piperidine rings is 1. The Morgan fingerprint density at radius 3 is 2.56 bits per heavy atom. The number of benzene rings is 1. The third kappa shape index (κ3) is 3.39. The molecule has 2 aliphatic heterocycles. The molecule has 0 bridgehead atoms. The molecule has 1 aromatic carbocycles. The largest absolute Gasteiger partial charge is 0.492 e. The summed E-state index contributed by atoms with van der Waals surface area (Å²) in [5, 5.41) is 0. The van der Waals surface area contributed by atoms with Crippen LogP contribution in [0.25, 0.3) is 0 Å². The highest BCUT2D eigenvalue weighted by molar-refractivity contribution is 7.89. The smallest absolute Gasteiger partial charge is 0.246 e. The average Bonchev–Trinajstić information content (AvgIpc) is 2.71. The minimum atomic E-state index is -3.56. The van der Waals surface area contributed by atoms with Crippen molar-refractivity contribution in [1.82, 2.24) is 14.3 Å². The first-order valence-corrected chi connectivity index (χ1v) is 10.7. The monoisotopic (exact) mass is 388 g/mol. The number of sulfonamides is 1.